The van der Waals surface area contributed by atoms with E-state index in [1.165, 1.54) is 12.1 Å². The van der Waals surface area contributed by atoms with Crippen molar-refractivity contribution in [3.05, 3.63) is 35.6 Å². The van der Waals surface area contributed by atoms with Crippen molar-refractivity contribution in [2.75, 3.05) is 6.54 Å². The van der Waals surface area contributed by atoms with E-state index in [0.29, 0.717) is 19.0 Å². The van der Waals surface area contributed by atoms with Crippen LogP contribution in [0.5, 0.6) is 0 Å². The minimum absolute atomic E-state index is 0.219. The predicted molar refractivity (Wildman–Crippen MR) is 63.6 cm³/mol. The van der Waals surface area contributed by atoms with Gasteiger partial charge in [-0.25, -0.2) is 4.39 Å². The highest BCUT2D eigenvalue weighted by molar-refractivity contribution is 5.15. The van der Waals surface area contributed by atoms with Crippen molar-refractivity contribution in [1.29, 1.82) is 0 Å². The second-order valence-electron chi connectivity index (χ2n) is 4.21. The summed E-state index contributed by atoms with van der Waals surface area (Å²) in [6.07, 6.45) is 0.657. The van der Waals surface area contributed by atoms with Gasteiger partial charge in [0.25, 0.3) is 0 Å². The standard InChI is InChI=1S/C13H20FNO/c1-3-10(2)13(16)9-15-8-11-4-6-12(14)7-5-11/h4-7,10,13,15-16H,3,8-9H2,1-2H3. The fourth-order valence-electron chi connectivity index (χ4n) is 1.44. The smallest absolute Gasteiger partial charge is 0.123 e. The quantitative estimate of drug-likeness (QED) is 0.778. The van der Waals surface area contributed by atoms with Crippen LogP contribution < -0.4 is 5.32 Å². The highest BCUT2D eigenvalue weighted by Gasteiger charge is 2.10. The zero-order chi connectivity index (χ0) is 12.0. The fraction of sp³-hybridized carbons (Fsp3) is 0.538. The lowest BCUT2D eigenvalue weighted by atomic mass is 10.0. The molecule has 2 unspecified atom stereocenters. The number of hydrogen-bond donors (Lipinski definition) is 2. The van der Waals surface area contributed by atoms with Gasteiger partial charge in [0.1, 0.15) is 5.82 Å². The van der Waals surface area contributed by atoms with E-state index in [1.807, 2.05) is 6.92 Å². The third-order valence-corrected chi connectivity index (χ3v) is 2.90. The van der Waals surface area contributed by atoms with E-state index in [1.54, 1.807) is 12.1 Å². The summed E-state index contributed by atoms with van der Waals surface area (Å²) in [6.45, 7) is 5.33. The monoisotopic (exact) mass is 225 g/mol. The first kappa shape index (κ1) is 13.1. The molecule has 3 heteroatoms. The Labute approximate surface area is 96.5 Å². The van der Waals surface area contributed by atoms with E-state index in [9.17, 15) is 9.50 Å². The van der Waals surface area contributed by atoms with Crippen molar-refractivity contribution in [1.82, 2.24) is 5.32 Å². The Bertz CT molecular complexity index is 299. The summed E-state index contributed by atoms with van der Waals surface area (Å²) in [4.78, 5) is 0. The van der Waals surface area contributed by atoms with Crippen LogP contribution in [0.25, 0.3) is 0 Å². The van der Waals surface area contributed by atoms with E-state index in [-0.39, 0.29) is 11.9 Å². The van der Waals surface area contributed by atoms with Crippen molar-refractivity contribution in [3.8, 4) is 0 Å². The maximum absolute atomic E-state index is 12.6. The number of halogens is 1. The number of nitrogens with one attached hydrogen (secondary N) is 1. The van der Waals surface area contributed by atoms with E-state index >= 15 is 0 Å². The van der Waals surface area contributed by atoms with Gasteiger partial charge in [0, 0.05) is 13.1 Å². The largest absolute Gasteiger partial charge is 0.392 e. The van der Waals surface area contributed by atoms with Crippen molar-refractivity contribution >= 4 is 0 Å². The number of hydrogen-bond acceptors (Lipinski definition) is 2. The molecule has 0 aromatic heterocycles. The summed E-state index contributed by atoms with van der Waals surface area (Å²) < 4.78 is 12.6. The molecular formula is C13H20FNO. The average molecular weight is 225 g/mol. The van der Waals surface area contributed by atoms with Gasteiger partial charge in [-0.3, -0.25) is 0 Å². The molecule has 2 N–H and O–H groups in total. The molecule has 0 aliphatic rings. The van der Waals surface area contributed by atoms with Gasteiger partial charge in [0.05, 0.1) is 6.10 Å². The minimum Gasteiger partial charge on any atom is -0.392 e. The van der Waals surface area contributed by atoms with Crippen LogP contribution in [0.4, 0.5) is 4.39 Å². The van der Waals surface area contributed by atoms with Gasteiger partial charge >= 0.3 is 0 Å². The Morgan fingerprint density at radius 1 is 1.31 bits per heavy atom. The van der Waals surface area contributed by atoms with Crippen LogP contribution in [0, 0.1) is 11.7 Å². The van der Waals surface area contributed by atoms with Crippen LogP contribution >= 0.6 is 0 Å². The SMILES string of the molecule is CCC(C)C(O)CNCc1ccc(F)cc1. The molecule has 0 amide bonds. The van der Waals surface area contributed by atoms with Gasteiger partial charge in [-0.1, -0.05) is 32.4 Å². The van der Waals surface area contributed by atoms with Gasteiger partial charge in [-0.05, 0) is 23.6 Å². The molecule has 0 aliphatic heterocycles. The molecule has 90 valence electrons. The first-order valence-corrected chi connectivity index (χ1v) is 5.76. The minimum atomic E-state index is -0.314. The Morgan fingerprint density at radius 3 is 2.50 bits per heavy atom. The van der Waals surface area contributed by atoms with E-state index in [4.69, 9.17) is 0 Å². The highest BCUT2D eigenvalue weighted by atomic mass is 19.1. The van der Waals surface area contributed by atoms with E-state index in [0.717, 1.165) is 12.0 Å². The Kier molecular flexibility index (Phi) is 5.43. The summed E-state index contributed by atoms with van der Waals surface area (Å²) in [5, 5.41) is 12.9. The van der Waals surface area contributed by atoms with Crippen LogP contribution in [-0.4, -0.2) is 17.8 Å². The number of aliphatic hydroxyl groups is 1. The van der Waals surface area contributed by atoms with E-state index in [2.05, 4.69) is 12.2 Å². The number of benzene rings is 1. The molecule has 1 aromatic carbocycles. The molecule has 16 heavy (non-hydrogen) atoms. The second kappa shape index (κ2) is 6.61. The Morgan fingerprint density at radius 2 is 1.94 bits per heavy atom. The van der Waals surface area contributed by atoms with Gasteiger partial charge < -0.3 is 10.4 Å². The van der Waals surface area contributed by atoms with Gasteiger partial charge in [0.15, 0.2) is 0 Å². The predicted octanol–water partition coefficient (Wildman–Crippen LogP) is 2.32. The summed E-state index contributed by atoms with van der Waals surface area (Å²) in [6, 6.07) is 6.39. The maximum Gasteiger partial charge on any atom is 0.123 e. The Hall–Kier alpha value is -0.930. The fourth-order valence-corrected chi connectivity index (χ4v) is 1.44. The maximum atomic E-state index is 12.6. The van der Waals surface area contributed by atoms with Crippen molar-refractivity contribution in [3.63, 3.8) is 0 Å². The van der Waals surface area contributed by atoms with Crippen LogP contribution in [0.1, 0.15) is 25.8 Å². The van der Waals surface area contributed by atoms with Crippen molar-refractivity contribution in [2.24, 2.45) is 5.92 Å². The van der Waals surface area contributed by atoms with Crippen molar-refractivity contribution in [2.45, 2.75) is 32.9 Å². The van der Waals surface area contributed by atoms with Gasteiger partial charge in [0.2, 0.25) is 0 Å². The molecule has 0 bridgehead atoms. The van der Waals surface area contributed by atoms with Crippen LogP contribution in [-0.2, 0) is 6.54 Å². The summed E-state index contributed by atoms with van der Waals surface area (Å²) in [5.41, 5.74) is 1.03. The summed E-state index contributed by atoms with van der Waals surface area (Å²) >= 11 is 0. The molecule has 0 saturated heterocycles. The summed E-state index contributed by atoms with van der Waals surface area (Å²) in [5.74, 6) is 0.0871. The molecule has 0 heterocycles. The molecule has 2 atom stereocenters. The zero-order valence-corrected chi connectivity index (χ0v) is 9.91. The third-order valence-electron chi connectivity index (χ3n) is 2.90. The van der Waals surface area contributed by atoms with E-state index < -0.39 is 0 Å². The number of aliphatic hydroxyl groups excluding tert-OH is 1. The zero-order valence-electron chi connectivity index (χ0n) is 9.91. The first-order chi connectivity index (χ1) is 7.63. The Balaban J connectivity index is 2.27. The average Bonchev–Trinajstić information content (AvgIpc) is 2.30. The molecule has 0 radical (unpaired) electrons. The highest BCUT2D eigenvalue weighted by Crippen LogP contribution is 2.07. The lowest BCUT2D eigenvalue weighted by Crippen LogP contribution is -2.31. The van der Waals surface area contributed by atoms with Crippen LogP contribution in [0.15, 0.2) is 24.3 Å². The molecule has 0 saturated carbocycles. The van der Waals surface area contributed by atoms with Gasteiger partial charge in [-0.15, -0.1) is 0 Å². The molecule has 0 fully saturated rings. The normalized spacial score (nSPS) is 14.8. The third kappa shape index (κ3) is 4.29. The lowest BCUT2D eigenvalue weighted by molar-refractivity contribution is 0.113. The molecular weight excluding hydrogens is 205 g/mol. The summed E-state index contributed by atoms with van der Waals surface area (Å²) in [7, 11) is 0. The van der Waals surface area contributed by atoms with Crippen LogP contribution in [0.3, 0.4) is 0 Å². The van der Waals surface area contributed by atoms with Crippen LogP contribution in [0.2, 0.25) is 0 Å². The van der Waals surface area contributed by atoms with Crippen molar-refractivity contribution < 1.29 is 9.50 Å². The molecule has 0 spiro atoms. The number of rotatable bonds is 6. The topological polar surface area (TPSA) is 32.3 Å². The van der Waals surface area contributed by atoms with Gasteiger partial charge in [-0.2, -0.15) is 0 Å². The molecule has 2 nitrogen and oxygen atoms in total. The lowest BCUT2D eigenvalue weighted by Gasteiger charge is -2.17. The first-order valence-electron chi connectivity index (χ1n) is 5.76. The molecule has 0 aliphatic carbocycles. The second-order valence-corrected chi connectivity index (χ2v) is 4.21. The molecule has 1 rings (SSSR count). The molecule has 1 aromatic rings.